The lowest BCUT2D eigenvalue weighted by Gasteiger charge is -1.91. The maximum absolute atomic E-state index is 13.0. The SMILES string of the molecule is Nc1ccc2c(c1)oc1cc(F)ccc12. The average molecular weight is 201 g/mol. The van der Waals surface area contributed by atoms with E-state index in [0.717, 1.165) is 10.8 Å². The third kappa shape index (κ3) is 1.16. The highest BCUT2D eigenvalue weighted by atomic mass is 19.1. The molecule has 2 N–H and O–H groups in total. The predicted octanol–water partition coefficient (Wildman–Crippen LogP) is 3.31. The number of benzene rings is 2. The lowest BCUT2D eigenvalue weighted by molar-refractivity contribution is 0.618. The van der Waals surface area contributed by atoms with E-state index < -0.39 is 0 Å². The van der Waals surface area contributed by atoms with Crippen molar-refractivity contribution in [3.05, 3.63) is 42.2 Å². The average Bonchev–Trinajstić information content (AvgIpc) is 2.53. The van der Waals surface area contributed by atoms with E-state index in [1.807, 2.05) is 6.07 Å². The second-order valence-corrected chi connectivity index (χ2v) is 3.50. The Kier molecular flexibility index (Phi) is 1.51. The highest BCUT2D eigenvalue weighted by Gasteiger charge is 2.07. The van der Waals surface area contributed by atoms with Gasteiger partial charge in [-0.3, -0.25) is 0 Å². The number of nitrogens with two attached hydrogens (primary N) is 1. The summed E-state index contributed by atoms with van der Waals surface area (Å²) < 4.78 is 18.5. The molecule has 0 aliphatic rings. The Morgan fingerprint density at radius 3 is 2.40 bits per heavy atom. The first-order valence-corrected chi connectivity index (χ1v) is 4.61. The van der Waals surface area contributed by atoms with Crippen LogP contribution < -0.4 is 5.73 Å². The number of rotatable bonds is 0. The van der Waals surface area contributed by atoms with Gasteiger partial charge < -0.3 is 10.2 Å². The fraction of sp³-hybridized carbons (Fsp3) is 0. The normalized spacial score (nSPS) is 11.3. The maximum Gasteiger partial charge on any atom is 0.138 e. The molecule has 2 aromatic carbocycles. The number of nitrogen functional groups attached to an aromatic ring is 1. The molecular weight excluding hydrogens is 193 g/mol. The second kappa shape index (κ2) is 2.73. The Labute approximate surface area is 85.1 Å². The van der Waals surface area contributed by atoms with Crippen molar-refractivity contribution in [3.63, 3.8) is 0 Å². The van der Waals surface area contributed by atoms with Crippen LogP contribution in [0.15, 0.2) is 40.8 Å². The highest BCUT2D eigenvalue weighted by Crippen LogP contribution is 2.30. The van der Waals surface area contributed by atoms with Crippen LogP contribution in [0.2, 0.25) is 0 Å². The van der Waals surface area contributed by atoms with Gasteiger partial charge in [0.1, 0.15) is 17.0 Å². The quantitative estimate of drug-likeness (QED) is 0.567. The number of hydrogen-bond acceptors (Lipinski definition) is 2. The van der Waals surface area contributed by atoms with Crippen LogP contribution in [0.4, 0.5) is 10.1 Å². The van der Waals surface area contributed by atoms with Gasteiger partial charge in [-0.1, -0.05) is 0 Å². The van der Waals surface area contributed by atoms with Gasteiger partial charge in [0.05, 0.1) is 0 Å². The van der Waals surface area contributed by atoms with Crippen molar-refractivity contribution in [2.75, 3.05) is 5.73 Å². The summed E-state index contributed by atoms with van der Waals surface area (Å²) in [6.07, 6.45) is 0. The molecule has 0 amide bonds. The highest BCUT2D eigenvalue weighted by molar-refractivity contribution is 6.05. The molecule has 0 fully saturated rings. The van der Waals surface area contributed by atoms with Gasteiger partial charge in [0.2, 0.25) is 0 Å². The molecule has 3 aromatic rings. The molecule has 0 bridgehead atoms. The molecule has 3 heteroatoms. The molecule has 3 rings (SSSR count). The van der Waals surface area contributed by atoms with Gasteiger partial charge in [-0.15, -0.1) is 0 Å². The predicted molar refractivity (Wildman–Crippen MR) is 58.1 cm³/mol. The van der Waals surface area contributed by atoms with Crippen LogP contribution in [0.3, 0.4) is 0 Å². The van der Waals surface area contributed by atoms with E-state index in [4.69, 9.17) is 10.2 Å². The largest absolute Gasteiger partial charge is 0.456 e. The number of hydrogen-bond donors (Lipinski definition) is 1. The molecule has 0 saturated carbocycles. The first-order valence-electron chi connectivity index (χ1n) is 4.61. The minimum absolute atomic E-state index is 0.297. The Balaban J connectivity index is 2.51. The Morgan fingerprint density at radius 2 is 1.60 bits per heavy atom. The monoisotopic (exact) mass is 201 g/mol. The van der Waals surface area contributed by atoms with Crippen LogP contribution in [-0.4, -0.2) is 0 Å². The molecule has 0 atom stereocenters. The van der Waals surface area contributed by atoms with E-state index in [2.05, 4.69) is 0 Å². The van der Waals surface area contributed by atoms with Gasteiger partial charge in [0, 0.05) is 28.6 Å². The lowest BCUT2D eigenvalue weighted by Crippen LogP contribution is -1.81. The van der Waals surface area contributed by atoms with Crippen molar-refractivity contribution in [2.24, 2.45) is 0 Å². The molecule has 0 aliphatic carbocycles. The van der Waals surface area contributed by atoms with Crippen molar-refractivity contribution in [1.29, 1.82) is 0 Å². The summed E-state index contributed by atoms with van der Waals surface area (Å²) in [6, 6.07) is 9.95. The van der Waals surface area contributed by atoms with Crippen molar-refractivity contribution in [1.82, 2.24) is 0 Å². The summed E-state index contributed by atoms with van der Waals surface area (Å²) in [5.41, 5.74) is 7.52. The second-order valence-electron chi connectivity index (χ2n) is 3.50. The fourth-order valence-corrected chi connectivity index (χ4v) is 1.77. The summed E-state index contributed by atoms with van der Waals surface area (Å²) in [5.74, 6) is -0.297. The van der Waals surface area contributed by atoms with Crippen LogP contribution in [0.1, 0.15) is 0 Å². The van der Waals surface area contributed by atoms with Crippen LogP contribution in [0.25, 0.3) is 21.9 Å². The number of halogens is 1. The molecule has 2 nitrogen and oxygen atoms in total. The third-order valence-corrected chi connectivity index (χ3v) is 2.46. The summed E-state index contributed by atoms with van der Waals surface area (Å²) in [6.45, 7) is 0. The van der Waals surface area contributed by atoms with Crippen molar-refractivity contribution >= 4 is 27.6 Å². The van der Waals surface area contributed by atoms with Crippen LogP contribution in [0.5, 0.6) is 0 Å². The summed E-state index contributed by atoms with van der Waals surface area (Å²) in [5, 5.41) is 1.87. The van der Waals surface area contributed by atoms with Crippen molar-refractivity contribution in [3.8, 4) is 0 Å². The van der Waals surface area contributed by atoms with Crippen LogP contribution in [-0.2, 0) is 0 Å². The Bertz CT molecular complexity index is 601. The van der Waals surface area contributed by atoms with Crippen LogP contribution in [0, 0.1) is 5.82 Å². The van der Waals surface area contributed by atoms with E-state index in [0.29, 0.717) is 16.9 Å². The smallest absolute Gasteiger partial charge is 0.138 e. The van der Waals surface area contributed by atoms with Crippen molar-refractivity contribution in [2.45, 2.75) is 0 Å². The van der Waals surface area contributed by atoms with Gasteiger partial charge in [0.15, 0.2) is 0 Å². The topological polar surface area (TPSA) is 39.2 Å². The first kappa shape index (κ1) is 8.29. The third-order valence-electron chi connectivity index (χ3n) is 2.46. The zero-order valence-electron chi connectivity index (χ0n) is 7.83. The van der Waals surface area contributed by atoms with Gasteiger partial charge in [-0.2, -0.15) is 0 Å². The van der Waals surface area contributed by atoms with E-state index in [1.165, 1.54) is 12.1 Å². The minimum atomic E-state index is -0.297. The molecule has 15 heavy (non-hydrogen) atoms. The zero-order valence-corrected chi connectivity index (χ0v) is 7.83. The zero-order chi connectivity index (χ0) is 10.4. The van der Waals surface area contributed by atoms with E-state index >= 15 is 0 Å². The molecule has 1 heterocycles. The van der Waals surface area contributed by atoms with Gasteiger partial charge in [-0.25, -0.2) is 4.39 Å². The number of anilines is 1. The molecule has 74 valence electrons. The first-order chi connectivity index (χ1) is 7.24. The van der Waals surface area contributed by atoms with E-state index in [1.54, 1.807) is 18.2 Å². The number of furan rings is 1. The molecular formula is C12H8FNO. The molecule has 0 spiro atoms. The lowest BCUT2D eigenvalue weighted by atomic mass is 10.1. The summed E-state index contributed by atoms with van der Waals surface area (Å²) in [7, 11) is 0. The van der Waals surface area contributed by atoms with E-state index in [-0.39, 0.29) is 5.82 Å². The van der Waals surface area contributed by atoms with E-state index in [9.17, 15) is 4.39 Å². The molecule has 0 aliphatic heterocycles. The Hall–Kier alpha value is -2.03. The molecule has 0 unspecified atom stereocenters. The molecule has 0 radical (unpaired) electrons. The maximum atomic E-state index is 13.0. The number of fused-ring (bicyclic) bond motifs is 3. The molecule has 1 aromatic heterocycles. The van der Waals surface area contributed by atoms with Crippen molar-refractivity contribution < 1.29 is 8.81 Å². The van der Waals surface area contributed by atoms with Gasteiger partial charge in [-0.05, 0) is 24.3 Å². The fourth-order valence-electron chi connectivity index (χ4n) is 1.77. The van der Waals surface area contributed by atoms with Gasteiger partial charge >= 0.3 is 0 Å². The Morgan fingerprint density at radius 1 is 0.933 bits per heavy atom. The summed E-state index contributed by atoms with van der Waals surface area (Å²) >= 11 is 0. The summed E-state index contributed by atoms with van der Waals surface area (Å²) in [4.78, 5) is 0. The molecule has 0 saturated heterocycles. The van der Waals surface area contributed by atoms with Gasteiger partial charge in [0.25, 0.3) is 0 Å². The standard InChI is InChI=1S/C12H8FNO/c13-7-1-3-9-10-4-2-8(14)6-12(10)15-11(9)5-7/h1-6H,14H2. The van der Waals surface area contributed by atoms with Crippen LogP contribution >= 0.6 is 0 Å². The minimum Gasteiger partial charge on any atom is -0.456 e.